The van der Waals surface area contributed by atoms with Crippen LogP contribution in [-0.4, -0.2) is 30.9 Å². The molecule has 1 aliphatic rings. The topological polar surface area (TPSA) is 75.7 Å². The first-order chi connectivity index (χ1) is 12.9. The molecule has 2 aromatic carbocycles. The Morgan fingerprint density at radius 1 is 1.19 bits per heavy atom. The van der Waals surface area contributed by atoms with E-state index >= 15 is 0 Å². The van der Waals surface area contributed by atoms with Gasteiger partial charge in [0.25, 0.3) is 5.91 Å². The Morgan fingerprint density at radius 2 is 1.93 bits per heavy atom. The van der Waals surface area contributed by atoms with Crippen molar-refractivity contribution >= 4 is 40.8 Å². The summed E-state index contributed by atoms with van der Waals surface area (Å²) in [6, 6.07) is 11.7. The normalized spacial score (nSPS) is 13.6. The first kappa shape index (κ1) is 18.9. The first-order valence-corrected chi connectivity index (χ1v) is 8.95. The third-order valence-corrected chi connectivity index (χ3v) is 4.52. The summed E-state index contributed by atoms with van der Waals surface area (Å²) in [6.45, 7) is 2.11. The lowest BCUT2D eigenvalue weighted by molar-refractivity contribution is -0.119. The summed E-state index contributed by atoms with van der Waals surface area (Å²) in [5, 5.41) is 3.26. The van der Waals surface area contributed by atoms with Crippen LogP contribution in [0.2, 0.25) is 5.02 Å². The summed E-state index contributed by atoms with van der Waals surface area (Å²) >= 11 is 5.88. The lowest BCUT2D eigenvalue weighted by atomic mass is 10.2. The number of ether oxygens (including phenoxy) is 1. The van der Waals surface area contributed by atoms with Gasteiger partial charge in [-0.2, -0.15) is 0 Å². The van der Waals surface area contributed by atoms with Crippen molar-refractivity contribution in [2.24, 2.45) is 0 Å². The van der Waals surface area contributed by atoms with Crippen molar-refractivity contribution in [1.29, 1.82) is 0 Å². The molecule has 1 heterocycles. The van der Waals surface area contributed by atoms with Crippen LogP contribution < -0.4 is 10.2 Å². The number of halogens is 1. The number of hydrogen-bond acceptors (Lipinski definition) is 4. The molecule has 0 aromatic heterocycles. The molecule has 7 heteroatoms. The van der Waals surface area contributed by atoms with Crippen molar-refractivity contribution in [2.75, 3.05) is 23.4 Å². The summed E-state index contributed by atoms with van der Waals surface area (Å²) in [4.78, 5) is 37.5. The maximum atomic E-state index is 12.1. The van der Waals surface area contributed by atoms with Gasteiger partial charge >= 0.3 is 5.97 Å². The molecule has 6 nitrogen and oxygen atoms in total. The van der Waals surface area contributed by atoms with Gasteiger partial charge in [0, 0.05) is 29.4 Å². The van der Waals surface area contributed by atoms with Gasteiger partial charge in [-0.05, 0) is 61.4 Å². The predicted molar refractivity (Wildman–Crippen MR) is 103 cm³/mol. The zero-order valence-electron chi connectivity index (χ0n) is 14.8. The van der Waals surface area contributed by atoms with E-state index in [1.807, 2.05) is 6.92 Å². The fourth-order valence-electron chi connectivity index (χ4n) is 2.87. The second-order valence-corrected chi connectivity index (χ2v) is 6.72. The predicted octanol–water partition coefficient (Wildman–Crippen LogP) is 3.57. The van der Waals surface area contributed by atoms with Crippen LogP contribution in [0.5, 0.6) is 0 Å². The minimum atomic E-state index is -0.600. The van der Waals surface area contributed by atoms with Crippen LogP contribution in [0, 0.1) is 6.92 Å². The molecule has 1 aliphatic heterocycles. The molecule has 0 unspecified atom stereocenters. The molecule has 2 amide bonds. The Hall–Kier alpha value is -2.86. The summed E-state index contributed by atoms with van der Waals surface area (Å²) in [5.41, 5.74) is 2.50. The Morgan fingerprint density at radius 3 is 2.56 bits per heavy atom. The Labute approximate surface area is 162 Å². The lowest BCUT2D eigenvalue weighted by Gasteiger charge is -2.15. The Kier molecular flexibility index (Phi) is 5.76. The number of aryl methyl sites for hydroxylation is 1. The number of anilines is 2. The van der Waals surface area contributed by atoms with E-state index in [0.717, 1.165) is 17.7 Å². The molecule has 0 saturated carbocycles. The fraction of sp³-hybridized carbons (Fsp3) is 0.250. The summed E-state index contributed by atoms with van der Waals surface area (Å²) in [6.07, 6.45) is 1.39. The highest BCUT2D eigenvalue weighted by molar-refractivity contribution is 6.30. The Balaban J connectivity index is 1.54. The summed E-state index contributed by atoms with van der Waals surface area (Å²) < 4.78 is 5.05. The molecule has 2 aromatic rings. The van der Waals surface area contributed by atoms with Crippen LogP contribution in [-0.2, 0) is 14.3 Å². The number of nitrogens with zero attached hydrogens (tertiary/aromatic N) is 1. The van der Waals surface area contributed by atoms with Crippen LogP contribution in [0.3, 0.4) is 0 Å². The maximum absolute atomic E-state index is 12.1. The van der Waals surface area contributed by atoms with E-state index in [1.165, 1.54) is 0 Å². The number of amides is 2. The van der Waals surface area contributed by atoms with Gasteiger partial charge in [0.15, 0.2) is 6.61 Å². The third kappa shape index (κ3) is 4.65. The molecule has 1 fully saturated rings. The number of carbonyl (C=O) groups is 3. The molecule has 0 spiro atoms. The van der Waals surface area contributed by atoms with Crippen molar-refractivity contribution in [3.63, 3.8) is 0 Å². The van der Waals surface area contributed by atoms with E-state index in [-0.39, 0.29) is 5.91 Å². The zero-order chi connectivity index (χ0) is 19.4. The van der Waals surface area contributed by atoms with Crippen LogP contribution in [0.15, 0.2) is 42.5 Å². The minimum absolute atomic E-state index is 0.0829. The van der Waals surface area contributed by atoms with Crippen molar-refractivity contribution < 1.29 is 19.1 Å². The second-order valence-electron chi connectivity index (χ2n) is 6.28. The summed E-state index contributed by atoms with van der Waals surface area (Å²) in [7, 11) is 0. The molecule has 140 valence electrons. The van der Waals surface area contributed by atoms with Gasteiger partial charge in [-0.1, -0.05) is 11.6 Å². The van der Waals surface area contributed by atoms with Crippen LogP contribution in [0.1, 0.15) is 28.8 Å². The van der Waals surface area contributed by atoms with Gasteiger partial charge in [-0.25, -0.2) is 4.79 Å². The van der Waals surface area contributed by atoms with Crippen molar-refractivity contribution in [3.8, 4) is 0 Å². The van der Waals surface area contributed by atoms with E-state index in [0.29, 0.717) is 29.2 Å². The highest BCUT2D eigenvalue weighted by atomic mass is 35.5. The van der Waals surface area contributed by atoms with Gasteiger partial charge in [0.2, 0.25) is 5.91 Å². The Bertz CT molecular complexity index is 880. The van der Waals surface area contributed by atoms with Crippen molar-refractivity contribution in [2.45, 2.75) is 19.8 Å². The van der Waals surface area contributed by atoms with Gasteiger partial charge in [-0.15, -0.1) is 0 Å². The third-order valence-electron chi connectivity index (χ3n) is 4.28. The second kappa shape index (κ2) is 8.22. The van der Waals surface area contributed by atoms with Gasteiger partial charge in [-0.3, -0.25) is 9.59 Å². The molecule has 3 rings (SSSR count). The molecular weight excluding hydrogens is 368 g/mol. The van der Waals surface area contributed by atoms with Crippen LogP contribution in [0.25, 0.3) is 0 Å². The van der Waals surface area contributed by atoms with Gasteiger partial charge in [0.05, 0.1) is 5.56 Å². The number of hydrogen-bond donors (Lipinski definition) is 1. The number of carbonyl (C=O) groups excluding carboxylic acids is 3. The van der Waals surface area contributed by atoms with Crippen molar-refractivity contribution in [1.82, 2.24) is 0 Å². The average molecular weight is 387 g/mol. The minimum Gasteiger partial charge on any atom is -0.452 e. The number of benzene rings is 2. The number of esters is 1. The fourth-order valence-corrected chi connectivity index (χ4v) is 3.09. The summed E-state index contributed by atoms with van der Waals surface area (Å²) in [5.74, 6) is -0.954. The molecule has 1 N–H and O–H groups in total. The molecule has 0 atom stereocenters. The maximum Gasteiger partial charge on any atom is 0.338 e. The van der Waals surface area contributed by atoms with Gasteiger partial charge < -0.3 is 15.0 Å². The van der Waals surface area contributed by atoms with E-state index < -0.39 is 18.5 Å². The monoisotopic (exact) mass is 386 g/mol. The molecule has 0 radical (unpaired) electrons. The SMILES string of the molecule is Cc1cc(Cl)ccc1NC(=O)COC(=O)c1ccc(N2CCCC2=O)cc1. The van der Waals surface area contributed by atoms with E-state index in [4.69, 9.17) is 16.3 Å². The number of rotatable bonds is 5. The molecule has 0 bridgehead atoms. The molecule has 1 saturated heterocycles. The standard InChI is InChI=1S/C20H19ClN2O4/c1-13-11-15(21)6-9-17(13)22-18(24)12-27-20(26)14-4-7-16(8-5-14)23-10-2-3-19(23)25/h4-9,11H,2-3,10,12H2,1H3,(H,22,24). The zero-order valence-corrected chi connectivity index (χ0v) is 15.6. The van der Waals surface area contributed by atoms with E-state index in [1.54, 1.807) is 47.4 Å². The van der Waals surface area contributed by atoms with Crippen molar-refractivity contribution in [3.05, 3.63) is 58.6 Å². The van der Waals surface area contributed by atoms with E-state index in [2.05, 4.69) is 5.32 Å². The number of nitrogens with one attached hydrogen (secondary N) is 1. The average Bonchev–Trinajstić information content (AvgIpc) is 3.08. The highest BCUT2D eigenvalue weighted by Gasteiger charge is 2.21. The quantitative estimate of drug-likeness (QED) is 0.797. The molecular formula is C20H19ClN2O4. The van der Waals surface area contributed by atoms with Crippen LogP contribution in [0.4, 0.5) is 11.4 Å². The molecule has 27 heavy (non-hydrogen) atoms. The largest absolute Gasteiger partial charge is 0.452 e. The molecule has 0 aliphatic carbocycles. The van der Waals surface area contributed by atoms with Crippen LogP contribution >= 0.6 is 11.6 Å². The van der Waals surface area contributed by atoms with Gasteiger partial charge in [0.1, 0.15) is 0 Å². The van der Waals surface area contributed by atoms with E-state index in [9.17, 15) is 14.4 Å². The lowest BCUT2D eigenvalue weighted by Crippen LogP contribution is -2.23. The first-order valence-electron chi connectivity index (χ1n) is 8.57. The smallest absolute Gasteiger partial charge is 0.338 e. The highest BCUT2D eigenvalue weighted by Crippen LogP contribution is 2.22.